The molecule has 29 heavy (non-hydrogen) atoms. The average Bonchev–Trinajstić information content (AvgIpc) is 3.31. The number of nitrogens with zero attached hydrogens (tertiary/aromatic N) is 4. The minimum absolute atomic E-state index is 0.0294. The van der Waals surface area contributed by atoms with Gasteiger partial charge in [-0.3, -0.25) is 9.47 Å². The molecule has 2 heterocycles. The number of hydrogen-bond acceptors (Lipinski definition) is 3. The molecule has 2 aromatic rings. The van der Waals surface area contributed by atoms with Crippen LogP contribution in [-0.4, -0.2) is 32.3 Å². The van der Waals surface area contributed by atoms with Crippen LogP contribution in [0.15, 0.2) is 29.1 Å². The highest BCUT2D eigenvalue weighted by Crippen LogP contribution is 2.34. The van der Waals surface area contributed by atoms with E-state index in [2.05, 4.69) is 10.00 Å². The number of aromatic nitrogens is 3. The van der Waals surface area contributed by atoms with E-state index in [1.54, 1.807) is 13.1 Å². The number of benzene rings is 1. The molecule has 1 aromatic heterocycles. The Labute approximate surface area is 168 Å². The molecule has 2 fully saturated rings. The lowest BCUT2D eigenvalue weighted by molar-refractivity contribution is -0.137. The Kier molecular flexibility index (Phi) is 5.55. The van der Waals surface area contributed by atoms with Crippen molar-refractivity contribution in [2.45, 2.75) is 63.2 Å². The fraction of sp³-hybridized carbons (Fsp3) is 0.619. The molecule has 158 valence electrons. The SMILES string of the molecule is Cn1nc(C2CCN(Cc3cccc(C(F)(F)F)c3)CC2)n(C2CCCC2)c1=O. The third-order valence-electron chi connectivity index (χ3n) is 6.29. The molecule has 0 amide bonds. The number of alkyl halides is 3. The third-order valence-corrected chi connectivity index (χ3v) is 6.29. The third kappa shape index (κ3) is 4.27. The van der Waals surface area contributed by atoms with Crippen molar-refractivity contribution in [3.05, 3.63) is 51.7 Å². The van der Waals surface area contributed by atoms with Crippen LogP contribution in [0.4, 0.5) is 13.2 Å². The zero-order valence-electron chi connectivity index (χ0n) is 16.7. The standard InChI is InChI=1S/C21H27F3N4O/c1-26-20(29)28(18-7-2-3-8-18)19(25-26)16-9-11-27(12-10-16)14-15-5-4-6-17(13-15)21(22,23)24/h4-6,13,16,18H,2-3,7-12,14H2,1H3. The van der Waals surface area contributed by atoms with Gasteiger partial charge in [-0.15, -0.1) is 0 Å². The molecule has 8 heteroatoms. The summed E-state index contributed by atoms with van der Waals surface area (Å²) in [5.74, 6) is 1.12. The van der Waals surface area contributed by atoms with E-state index in [9.17, 15) is 18.0 Å². The summed E-state index contributed by atoms with van der Waals surface area (Å²) in [6, 6.07) is 5.83. The first kappa shape index (κ1) is 20.2. The lowest BCUT2D eigenvalue weighted by Crippen LogP contribution is -2.34. The number of halogens is 3. The van der Waals surface area contributed by atoms with Crippen LogP contribution >= 0.6 is 0 Å². The van der Waals surface area contributed by atoms with E-state index in [1.165, 1.54) is 16.8 Å². The van der Waals surface area contributed by atoms with E-state index < -0.39 is 11.7 Å². The molecule has 0 N–H and O–H groups in total. The molecule has 2 aliphatic rings. The summed E-state index contributed by atoms with van der Waals surface area (Å²) >= 11 is 0. The second kappa shape index (κ2) is 7.97. The van der Waals surface area contributed by atoms with Crippen LogP contribution in [0.2, 0.25) is 0 Å². The van der Waals surface area contributed by atoms with Gasteiger partial charge >= 0.3 is 11.9 Å². The van der Waals surface area contributed by atoms with Gasteiger partial charge < -0.3 is 0 Å². The van der Waals surface area contributed by atoms with E-state index in [0.717, 1.165) is 63.5 Å². The molecule has 1 saturated heterocycles. The molecule has 5 nitrogen and oxygen atoms in total. The molecular formula is C21H27F3N4O. The highest BCUT2D eigenvalue weighted by atomic mass is 19.4. The summed E-state index contributed by atoms with van der Waals surface area (Å²) in [6.07, 6.45) is 1.79. The number of rotatable bonds is 4. The Hall–Kier alpha value is -2.09. The summed E-state index contributed by atoms with van der Waals surface area (Å²) < 4.78 is 42.2. The monoisotopic (exact) mass is 408 g/mol. The molecule has 0 spiro atoms. The van der Waals surface area contributed by atoms with E-state index in [-0.39, 0.29) is 17.6 Å². The molecule has 4 rings (SSSR count). The van der Waals surface area contributed by atoms with Gasteiger partial charge in [0.25, 0.3) is 0 Å². The minimum atomic E-state index is -4.31. The first-order chi connectivity index (χ1) is 13.8. The molecule has 1 aliphatic carbocycles. The highest BCUT2D eigenvalue weighted by molar-refractivity contribution is 5.25. The normalized spacial score (nSPS) is 19.9. The first-order valence-corrected chi connectivity index (χ1v) is 10.4. The number of likely N-dealkylation sites (tertiary alicyclic amines) is 1. The molecule has 0 radical (unpaired) electrons. The van der Waals surface area contributed by atoms with Crippen molar-refractivity contribution in [3.8, 4) is 0 Å². The predicted molar refractivity (Wildman–Crippen MR) is 104 cm³/mol. The summed E-state index contributed by atoms with van der Waals surface area (Å²) in [4.78, 5) is 14.8. The smallest absolute Gasteiger partial charge is 0.299 e. The summed E-state index contributed by atoms with van der Waals surface area (Å²) in [6.45, 7) is 2.08. The quantitative estimate of drug-likeness (QED) is 0.765. The number of hydrogen-bond donors (Lipinski definition) is 0. The van der Waals surface area contributed by atoms with Crippen LogP contribution in [-0.2, 0) is 19.8 Å². The van der Waals surface area contributed by atoms with Gasteiger partial charge in [0.2, 0.25) is 0 Å². The lowest BCUT2D eigenvalue weighted by atomic mass is 9.95. The van der Waals surface area contributed by atoms with Crippen molar-refractivity contribution in [1.29, 1.82) is 0 Å². The zero-order valence-corrected chi connectivity index (χ0v) is 16.7. The second-order valence-electron chi connectivity index (χ2n) is 8.32. The Bertz CT molecular complexity index is 903. The van der Waals surface area contributed by atoms with Crippen molar-refractivity contribution >= 4 is 0 Å². The van der Waals surface area contributed by atoms with Crippen LogP contribution in [0, 0.1) is 0 Å². The van der Waals surface area contributed by atoms with Crippen LogP contribution in [0.1, 0.15) is 67.4 Å². The maximum Gasteiger partial charge on any atom is 0.416 e. The Morgan fingerprint density at radius 3 is 2.45 bits per heavy atom. The van der Waals surface area contributed by atoms with Gasteiger partial charge in [0.15, 0.2) is 0 Å². The van der Waals surface area contributed by atoms with Gasteiger partial charge in [-0.25, -0.2) is 9.48 Å². The molecule has 1 aliphatic heterocycles. The van der Waals surface area contributed by atoms with E-state index >= 15 is 0 Å². The zero-order chi connectivity index (χ0) is 20.6. The summed E-state index contributed by atoms with van der Waals surface area (Å²) in [7, 11) is 1.71. The van der Waals surface area contributed by atoms with E-state index in [4.69, 9.17) is 0 Å². The van der Waals surface area contributed by atoms with Gasteiger partial charge in [0.1, 0.15) is 5.82 Å². The number of piperidine rings is 1. The minimum Gasteiger partial charge on any atom is -0.299 e. The largest absolute Gasteiger partial charge is 0.416 e. The average molecular weight is 408 g/mol. The topological polar surface area (TPSA) is 43.1 Å². The van der Waals surface area contributed by atoms with Crippen LogP contribution in [0.25, 0.3) is 0 Å². The van der Waals surface area contributed by atoms with Crippen molar-refractivity contribution in [2.24, 2.45) is 7.05 Å². The lowest BCUT2D eigenvalue weighted by Gasteiger charge is -2.32. The molecule has 1 saturated carbocycles. The van der Waals surface area contributed by atoms with Gasteiger partial charge in [-0.05, 0) is 50.4 Å². The molecule has 0 unspecified atom stereocenters. The van der Waals surface area contributed by atoms with E-state index in [1.807, 2.05) is 4.57 Å². The Balaban J connectivity index is 1.43. The van der Waals surface area contributed by atoms with Crippen molar-refractivity contribution in [1.82, 2.24) is 19.2 Å². The maximum absolute atomic E-state index is 12.9. The van der Waals surface area contributed by atoms with Gasteiger partial charge in [-0.1, -0.05) is 31.0 Å². The van der Waals surface area contributed by atoms with Gasteiger partial charge in [-0.2, -0.15) is 18.3 Å². The second-order valence-corrected chi connectivity index (χ2v) is 8.32. The number of aryl methyl sites for hydroxylation is 1. The van der Waals surface area contributed by atoms with Crippen LogP contribution in [0.5, 0.6) is 0 Å². The van der Waals surface area contributed by atoms with Crippen molar-refractivity contribution in [2.75, 3.05) is 13.1 Å². The predicted octanol–water partition coefficient (Wildman–Crippen LogP) is 4.10. The molecule has 0 atom stereocenters. The van der Waals surface area contributed by atoms with Gasteiger partial charge in [0.05, 0.1) is 5.56 Å². The van der Waals surface area contributed by atoms with Gasteiger partial charge in [0, 0.05) is 25.6 Å². The Morgan fingerprint density at radius 2 is 1.79 bits per heavy atom. The summed E-state index contributed by atoms with van der Waals surface area (Å²) in [5, 5.41) is 4.55. The van der Waals surface area contributed by atoms with E-state index in [0.29, 0.717) is 12.1 Å². The van der Waals surface area contributed by atoms with Crippen LogP contribution < -0.4 is 5.69 Å². The highest BCUT2D eigenvalue weighted by Gasteiger charge is 2.32. The molecular weight excluding hydrogens is 381 g/mol. The first-order valence-electron chi connectivity index (χ1n) is 10.4. The van der Waals surface area contributed by atoms with Crippen molar-refractivity contribution in [3.63, 3.8) is 0 Å². The maximum atomic E-state index is 12.9. The molecule has 0 bridgehead atoms. The molecule has 1 aromatic carbocycles. The summed E-state index contributed by atoms with van der Waals surface area (Å²) in [5.41, 5.74) is 0.0521. The van der Waals surface area contributed by atoms with Crippen LogP contribution in [0.3, 0.4) is 0 Å². The Morgan fingerprint density at radius 1 is 1.10 bits per heavy atom. The fourth-order valence-corrected chi connectivity index (χ4v) is 4.74. The fourth-order valence-electron chi connectivity index (χ4n) is 4.74. The van der Waals surface area contributed by atoms with Crippen molar-refractivity contribution < 1.29 is 13.2 Å².